The summed E-state index contributed by atoms with van der Waals surface area (Å²) in [5, 5.41) is 14.5. The predicted octanol–water partition coefficient (Wildman–Crippen LogP) is 3.78. The molecule has 1 heterocycles. The molecule has 1 saturated heterocycles. The van der Waals surface area contributed by atoms with Gasteiger partial charge in [-0.05, 0) is 42.4 Å². The van der Waals surface area contributed by atoms with E-state index in [1.54, 1.807) is 0 Å². The third-order valence-corrected chi connectivity index (χ3v) is 6.37. The molecule has 0 saturated carbocycles. The van der Waals surface area contributed by atoms with Gasteiger partial charge in [0.1, 0.15) is 0 Å². The molecule has 0 amide bonds. The zero-order valence-corrected chi connectivity index (χ0v) is 19.3. The molecule has 162 valence electrons. The maximum absolute atomic E-state index is 3.84. The van der Waals surface area contributed by atoms with Gasteiger partial charge in [-0.15, -0.1) is 0 Å². The highest BCUT2D eigenvalue weighted by Crippen LogP contribution is 2.40. The molecule has 0 aromatic rings. The van der Waals surface area contributed by atoms with Gasteiger partial charge < -0.3 is 21.3 Å². The maximum Gasteiger partial charge on any atom is 0.0198 e. The molecule has 4 N–H and O–H groups in total. The topological polar surface area (TPSA) is 48.1 Å². The number of rotatable bonds is 9. The van der Waals surface area contributed by atoms with Gasteiger partial charge in [0.2, 0.25) is 0 Å². The lowest BCUT2D eigenvalue weighted by Crippen LogP contribution is -2.47. The SMILES string of the molecule is CCCC(C)(CC(C)CC(C)(C)CC)CC1CNCCNCCNCCN1. The summed E-state index contributed by atoms with van der Waals surface area (Å²) in [6.07, 6.45) is 7.86. The van der Waals surface area contributed by atoms with E-state index in [1.807, 2.05) is 0 Å². The molecule has 0 bridgehead atoms. The Labute approximate surface area is 170 Å². The quantitative estimate of drug-likeness (QED) is 0.490. The van der Waals surface area contributed by atoms with Crippen LogP contribution in [0.25, 0.3) is 0 Å². The van der Waals surface area contributed by atoms with Crippen LogP contribution in [0, 0.1) is 16.7 Å². The monoisotopic (exact) mass is 382 g/mol. The Hall–Kier alpha value is -0.160. The van der Waals surface area contributed by atoms with Crippen molar-refractivity contribution in [2.24, 2.45) is 16.7 Å². The molecular formula is C23H50N4. The molecule has 1 rings (SSSR count). The van der Waals surface area contributed by atoms with E-state index in [1.165, 1.54) is 38.5 Å². The second-order valence-corrected chi connectivity index (χ2v) is 10.2. The zero-order chi connectivity index (χ0) is 20.2. The van der Waals surface area contributed by atoms with Gasteiger partial charge in [0.25, 0.3) is 0 Å². The van der Waals surface area contributed by atoms with Gasteiger partial charge in [0, 0.05) is 51.9 Å². The van der Waals surface area contributed by atoms with Gasteiger partial charge in [-0.3, -0.25) is 0 Å². The predicted molar refractivity (Wildman–Crippen MR) is 121 cm³/mol. The average molecular weight is 383 g/mol. The Morgan fingerprint density at radius 2 is 1.44 bits per heavy atom. The first-order valence-corrected chi connectivity index (χ1v) is 11.7. The largest absolute Gasteiger partial charge is 0.314 e. The first-order valence-electron chi connectivity index (χ1n) is 11.7. The summed E-state index contributed by atoms with van der Waals surface area (Å²) in [5.41, 5.74) is 0.901. The fourth-order valence-corrected chi connectivity index (χ4v) is 4.95. The van der Waals surface area contributed by atoms with Crippen molar-refractivity contribution in [3.05, 3.63) is 0 Å². The van der Waals surface area contributed by atoms with Crippen LogP contribution in [-0.2, 0) is 0 Å². The summed E-state index contributed by atoms with van der Waals surface area (Å²) in [7, 11) is 0. The molecule has 3 unspecified atom stereocenters. The van der Waals surface area contributed by atoms with Gasteiger partial charge in [-0.1, -0.05) is 54.4 Å². The van der Waals surface area contributed by atoms with Crippen LogP contribution in [0.2, 0.25) is 0 Å². The first kappa shape index (κ1) is 24.9. The second kappa shape index (κ2) is 13.1. The van der Waals surface area contributed by atoms with Crippen molar-refractivity contribution in [3.63, 3.8) is 0 Å². The first-order chi connectivity index (χ1) is 12.8. The van der Waals surface area contributed by atoms with Crippen molar-refractivity contribution >= 4 is 0 Å². The molecular weight excluding hydrogens is 332 g/mol. The summed E-state index contributed by atoms with van der Waals surface area (Å²) in [4.78, 5) is 0. The van der Waals surface area contributed by atoms with E-state index in [0.717, 1.165) is 51.7 Å². The molecule has 1 fully saturated rings. The van der Waals surface area contributed by atoms with E-state index in [9.17, 15) is 0 Å². The van der Waals surface area contributed by atoms with E-state index in [-0.39, 0.29) is 0 Å². The van der Waals surface area contributed by atoms with Crippen LogP contribution in [0.3, 0.4) is 0 Å². The van der Waals surface area contributed by atoms with E-state index in [0.29, 0.717) is 16.9 Å². The third-order valence-electron chi connectivity index (χ3n) is 6.37. The average Bonchev–Trinajstić information content (AvgIpc) is 2.56. The Bertz CT molecular complexity index is 359. The fraction of sp³-hybridized carbons (Fsp3) is 1.00. The van der Waals surface area contributed by atoms with Crippen molar-refractivity contribution in [3.8, 4) is 0 Å². The maximum atomic E-state index is 3.84. The Morgan fingerprint density at radius 1 is 0.852 bits per heavy atom. The molecule has 0 aromatic carbocycles. The van der Waals surface area contributed by atoms with Crippen LogP contribution in [-0.4, -0.2) is 51.9 Å². The van der Waals surface area contributed by atoms with Crippen LogP contribution in [0.1, 0.15) is 80.1 Å². The van der Waals surface area contributed by atoms with E-state index >= 15 is 0 Å². The Morgan fingerprint density at radius 3 is 2.04 bits per heavy atom. The lowest BCUT2D eigenvalue weighted by atomic mass is 9.70. The molecule has 1 aliphatic rings. The minimum absolute atomic E-state index is 0.431. The highest BCUT2D eigenvalue weighted by atomic mass is 15.0. The third kappa shape index (κ3) is 11.4. The van der Waals surface area contributed by atoms with Crippen LogP contribution in [0.4, 0.5) is 0 Å². The fourth-order valence-electron chi connectivity index (χ4n) is 4.95. The van der Waals surface area contributed by atoms with Crippen LogP contribution in [0.15, 0.2) is 0 Å². The van der Waals surface area contributed by atoms with Crippen molar-refractivity contribution in [1.82, 2.24) is 21.3 Å². The molecule has 3 atom stereocenters. The van der Waals surface area contributed by atoms with E-state index < -0.39 is 0 Å². The van der Waals surface area contributed by atoms with Crippen molar-refractivity contribution in [1.29, 1.82) is 0 Å². The van der Waals surface area contributed by atoms with Crippen molar-refractivity contribution in [2.45, 2.75) is 86.1 Å². The lowest BCUT2D eigenvalue weighted by molar-refractivity contribution is 0.151. The number of hydrogen-bond acceptors (Lipinski definition) is 4. The van der Waals surface area contributed by atoms with Gasteiger partial charge in [-0.2, -0.15) is 0 Å². The Balaban J connectivity index is 2.65. The minimum atomic E-state index is 0.431. The van der Waals surface area contributed by atoms with Gasteiger partial charge >= 0.3 is 0 Å². The molecule has 0 aromatic heterocycles. The summed E-state index contributed by atoms with van der Waals surface area (Å²) in [6, 6.07) is 0.564. The molecule has 1 aliphatic heterocycles. The molecule has 27 heavy (non-hydrogen) atoms. The summed E-state index contributed by atoms with van der Waals surface area (Å²) in [6.45, 7) is 22.0. The summed E-state index contributed by atoms with van der Waals surface area (Å²) in [5.74, 6) is 0.793. The zero-order valence-electron chi connectivity index (χ0n) is 19.3. The van der Waals surface area contributed by atoms with Crippen LogP contribution in [0.5, 0.6) is 0 Å². The van der Waals surface area contributed by atoms with Crippen molar-refractivity contribution < 1.29 is 0 Å². The van der Waals surface area contributed by atoms with E-state index in [2.05, 4.69) is 62.8 Å². The van der Waals surface area contributed by atoms with Crippen LogP contribution < -0.4 is 21.3 Å². The van der Waals surface area contributed by atoms with Crippen molar-refractivity contribution in [2.75, 3.05) is 45.8 Å². The van der Waals surface area contributed by atoms with E-state index in [4.69, 9.17) is 0 Å². The van der Waals surface area contributed by atoms with Crippen LogP contribution >= 0.6 is 0 Å². The normalized spacial score (nSPS) is 24.4. The molecule has 4 nitrogen and oxygen atoms in total. The summed E-state index contributed by atoms with van der Waals surface area (Å²) < 4.78 is 0. The number of hydrogen-bond donors (Lipinski definition) is 4. The molecule has 4 heteroatoms. The minimum Gasteiger partial charge on any atom is -0.314 e. The van der Waals surface area contributed by atoms with Gasteiger partial charge in [0.05, 0.1) is 0 Å². The lowest BCUT2D eigenvalue weighted by Gasteiger charge is -2.38. The molecule has 0 aliphatic carbocycles. The highest BCUT2D eigenvalue weighted by molar-refractivity contribution is 4.85. The standard InChI is InChI=1S/C23H50N4/c1-7-9-23(6,17-20(3)16-22(4,5)8-2)18-21-19-26-13-12-24-10-11-25-14-15-27-21/h20-21,24-27H,7-19H2,1-6H3. The highest BCUT2D eigenvalue weighted by Gasteiger charge is 2.31. The second-order valence-electron chi connectivity index (χ2n) is 10.2. The van der Waals surface area contributed by atoms with Gasteiger partial charge in [-0.25, -0.2) is 0 Å². The number of nitrogens with one attached hydrogen (secondary N) is 4. The summed E-state index contributed by atoms with van der Waals surface area (Å²) >= 11 is 0. The van der Waals surface area contributed by atoms with Gasteiger partial charge in [0.15, 0.2) is 0 Å². The smallest absolute Gasteiger partial charge is 0.0198 e. The molecule has 0 radical (unpaired) electrons. The molecule has 0 spiro atoms. The Kier molecular flexibility index (Phi) is 12.1.